The van der Waals surface area contributed by atoms with E-state index in [0.717, 1.165) is 0 Å². The molecule has 1 N–H and O–H groups in total. The summed E-state index contributed by atoms with van der Waals surface area (Å²) in [5, 5.41) is 0.448. The number of hydrogen-bond donors (Lipinski definition) is 1. The summed E-state index contributed by atoms with van der Waals surface area (Å²) < 4.78 is 27.7. The summed E-state index contributed by atoms with van der Waals surface area (Å²) in [5.41, 5.74) is 0.612. The minimum absolute atomic E-state index is 0.0456. The molecule has 11 heteroatoms. The van der Waals surface area contributed by atoms with E-state index in [-0.39, 0.29) is 22.3 Å². The third-order valence-corrected chi connectivity index (χ3v) is 5.65. The maximum atomic E-state index is 12.6. The first-order chi connectivity index (χ1) is 12.0. The molecule has 26 heavy (non-hydrogen) atoms. The van der Waals surface area contributed by atoms with Crippen LogP contribution in [0.25, 0.3) is 0 Å². The van der Waals surface area contributed by atoms with Gasteiger partial charge in [-0.25, -0.2) is 13.1 Å². The Morgan fingerprint density at radius 1 is 0.962 bits per heavy atom. The second-order valence-corrected chi connectivity index (χ2v) is 8.55. The quantitative estimate of drug-likeness (QED) is 0.767. The Balaban J connectivity index is 2.31. The highest BCUT2D eigenvalue weighted by atomic mass is 35.5. The van der Waals surface area contributed by atoms with Gasteiger partial charge in [0.15, 0.2) is 5.82 Å². The van der Waals surface area contributed by atoms with Gasteiger partial charge in [0.1, 0.15) is 4.90 Å². The monoisotopic (exact) mass is 418 g/mol. The highest BCUT2D eigenvalue weighted by Gasteiger charge is 2.20. The van der Waals surface area contributed by atoms with Crippen LogP contribution >= 0.6 is 23.2 Å². The van der Waals surface area contributed by atoms with E-state index in [4.69, 9.17) is 23.2 Å². The predicted molar refractivity (Wildman–Crippen MR) is 104 cm³/mol. The average Bonchev–Trinajstić information content (AvgIpc) is 2.55. The molecule has 2 rings (SSSR count). The van der Waals surface area contributed by atoms with Gasteiger partial charge in [0.05, 0.1) is 11.6 Å². The van der Waals surface area contributed by atoms with Crippen molar-refractivity contribution >= 4 is 45.1 Å². The van der Waals surface area contributed by atoms with E-state index >= 15 is 0 Å². The van der Waals surface area contributed by atoms with Crippen LogP contribution in [0, 0.1) is 6.92 Å². The minimum Gasteiger partial charge on any atom is -0.347 e. The predicted octanol–water partition coefficient (Wildman–Crippen LogP) is 2.10. The van der Waals surface area contributed by atoms with E-state index in [1.165, 1.54) is 12.1 Å². The van der Waals surface area contributed by atoms with Gasteiger partial charge in [0.25, 0.3) is 0 Å². The molecular formula is C15H20Cl2N6O2S. The number of nitrogens with zero attached hydrogens (tertiary/aromatic N) is 5. The smallest absolute Gasteiger partial charge is 0.242 e. The number of anilines is 2. The van der Waals surface area contributed by atoms with Crippen molar-refractivity contribution in [2.75, 3.05) is 38.0 Å². The molecule has 2 aromatic rings. The summed E-state index contributed by atoms with van der Waals surface area (Å²) >= 11 is 12.0. The molecule has 1 aromatic carbocycles. The molecule has 0 aliphatic rings. The van der Waals surface area contributed by atoms with Crippen LogP contribution in [0.1, 0.15) is 11.4 Å². The molecule has 0 bridgehead atoms. The number of benzene rings is 1. The first-order valence-corrected chi connectivity index (χ1v) is 9.80. The van der Waals surface area contributed by atoms with Crippen molar-refractivity contribution in [1.29, 1.82) is 0 Å². The zero-order valence-corrected chi connectivity index (χ0v) is 17.4. The van der Waals surface area contributed by atoms with Crippen LogP contribution in [0.2, 0.25) is 10.0 Å². The number of sulfonamides is 1. The van der Waals surface area contributed by atoms with E-state index < -0.39 is 10.0 Å². The van der Waals surface area contributed by atoms with Gasteiger partial charge in [-0.05, 0) is 24.6 Å². The van der Waals surface area contributed by atoms with Crippen LogP contribution in [-0.4, -0.2) is 51.6 Å². The van der Waals surface area contributed by atoms with Gasteiger partial charge in [-0.3, -0.25) is 0 Å². The van der Waals surface area contributed by atoms with Crippen molar-refractivity contribution in [2.24, 2.45) is 0 Å². The number of nitrogens with one attached hydrogen (secondary N) is 1. The zero-order chi connectivity index (χ0) is 19.6. The topological polar surface area (TPSA) is 91.3 Å². The molecule has 1 heterocycles. The van der Waals surface area contributed by atoms with Crippen LogP contribution in [0.5, 0.6) is 0 Å². The molecule has 0 spiro atoms. The summed E-state index contributed by atoms with van der Waals surface area (Å²) in [4.78, 5) is 16.2. The third kappa shape index (κ3) is 4.73. The van der Waals surface area contributed by atoms with Crippen LogP contribution in [0.4, 0.5) is 11.9 Å². The van der Waals surface area contributed by atoms with Gasteiger partial charge in [-0.2, -0.15) is 15.0 Å². The van der Waals surface area contributed by atoms with Gasteiger partial charge in [0, 0.05) is 33.2 Å². The maximum Gasteiger partial charge on any atom is 0.242 e. The summed E-state index contributed by atoms with van der Waals surface area (Å²) in [5.74, 6) is 1.15. The SMILES string of the molecule is Cc1cc(S(=O)(=O)NCc2nc(N(C)C)nc(N(C)C)n2)c(Cl)cc1Cl. The van der Waals surface area contributed by atoms with Crippen LogP contribution < -0.4 is 14.5 Å². The number of halogens is 2. The number of rotatable bonds is 6. The van der Waals surface area contributed by atoms with E-state index in [0.29, 0.717) is 22.5 Å². The molecule has 1 aromatic heterocycles. The molecule has 142 valence electrons. The van der Waals surface area contributed by atoms with Crippen LogP contribution in [0.15, 0.2) is 17.0 Å². The van der Waals surface area contributed by atoms with Crippen molar-refractivity contribution in [2.45, 2.75) is 18.4 Å². The van der Waals surface area contributed by atoms with Gasteiger partial charge in [0.2, 0.25) is 21.9 Å². The lowest BCUT2D eigenvalue weighted by atomic mass is 10.2. The standard InChI is InChI=1S/C15H20Cl2N6O2S/c1-9-6-12(11(17)7-10(9)16)26(24,25)18-8-13-19-14(22(2)3)21-15(20-13)23(4)5/h6-7,18H,8H2,1-5H3. The lowest BCUT2D eigenvalue weighted by molar-refractivity contribution is 0.579. The lowest BCUT2D eigenvalue weighted by Crippen LogP contribution is -2.26. The largest absolute Gasteiger partial charge is 0.347 e. The van der Waals surface area contributed by atoms with Gasteiger partial charge in [-0.1, -0.05) is 23.2 Å². The van der Waals surface area contributed by atoms with Gasteiger partial charge >= 0.3 is 0 Å². The first kappa shape index (κ1) is 20.6. The molecule has 0 unspecified atom stereocenters. The molecule has 0 amide bonds. The number of aromatic nitrogens is 3. The fraction of sp³-hybridized carbons (Fsp3) is 0.400. The maximum absolute atomic E-state index is 12.6. The summed E-state index contributed by atoms with van der Waals surface area (Å²) in [6.45, 7) is 1.60. The van der Waals surface area contributed by atoms with Crippen LogP contribution in [0.3, 0.4) is 0 Å². The van der Waals surface area contributed by atoms with E-state index in [2.05, 4.69) is 19.7 Å². The molecule has 0 fully saturated rings. The number of hydrogen-bond acceptors (Lipinski definition) is 7. The Hall–Kier alpha value is -1.68. The van der Waals surface area contributed by atoms with Crippen molar-refractivity contribution in [3.63, 3.8) is 0 Å². The highest BCUT2D eigenvalue weighted by molar-refractivity contribution is 7.89. The zero-order valence-electron chi connectivity index (χ0n) is 15.1. The van der Waals surface area contributed by atoms with E-state index in [9.17, 15) is 8.42 Å². The molecule has 0 saturated heterocycles. The molecule has 0 aliphatic carbocycles. The molecule has 0 radical (unpaired) electrons. The fourth-order valence-corrected chi connectivity index (χ4v) is 3.76. The summed E-state index contributed by atoms with van der Waals surface area (Å²) in [6.07, 6.45) is 0. The molecule has 8 nitrogen and oxygen atoms in total. The number of aryl methyl sites for hydroxylation is 1. The average molecular weight is 419 g/mol. The van der Waals surface area contributed by atoms with Crippen molar-refractivity contribution in [3.8, 4) is 0 Å². The normalized spacial score (nSPS) is 11.5. The van der Waals surface area contributed by atoms with Crippen molar-refractivity contribution < 1.29 is 8.42 Å². The lowest BCUT2D eigenvalue weighted by Gasteiger charge is -2.16. The molecule has 0 aliphatic heterocycles. The third-order valence-electron chi connectivity index (χ3n) is 3.38. The van der Waals surface area contributed by atoms with Crippen molar-refractivity contribution in [3.05, 3.63) is 33.6 Å². The fourth-order valence-electron chi connectivity index (χ4n) is 1.95. The Kier molecular flexibility index (Phi) is 6.28. The second-order valence-electron chi connectivity index (χ2n) is 6.00. The molecule has 0 atom stereocenters. The molecular weight excluding hydrogens is 399 g/mol. The van der Waals surface area contributed by atoms with Crippen LogP contribution in [-0.2, 0) is 16.6 Å². The van der Waals surface area contributed by atoms with E-state index in [1.807, 2.05) is 0 Å². The Morgan fingerprint density at radius 2 is 1.50 bits per heavy atom. The Morgan fingerprint density at radius 3 is 2.00 bits per heavy atom. The van der Waals surface area contributed by atoms with Gasteiger partial charge in [-0.15, -0.1) is 0 Å². The second kappa shape index (κ2) is 7.91. The first-order valence-electron chi connectivity index (χ1n) is 7.56. The summed E-state index contributed by atoms with van der Waals surface area (Å²) in [7, 11) is 3.30. The highest BCUT2D eigenvalue weighted by Crippen LogP contribution is 2.28. The Labute approximate surface area is 163 Å². The van der Waals surface area contributed by atoms with E-state index in [1.54, 1.807) is 44.9 Å². The Bertz CT molecular complexity index is 892. The molecule has 0 saturated carbocycles. The minimum atomic E-state index is -3.86. The van der Waals surface area contributed by atoms with Crippen molar-refractivity contribution in [1.82, 2.24) is 19.7 Å². The van der Waals surface area contributed by atoms with Gasteiger partial charge < -0.3 is 9.80 Å². The summed E-state index contributed by atoms with van der Waals surface area (Å²) in [6, 6.07) is 2.83.